The summed E-state index contributed by atoms with van der Waals surface area (Å²) in [6, 6.07) is 17.6. The Kier molecular flexibility index (Phi) is 4.76. The maximum absolute atomic E-state index is 12.6. The minimum absolute atomic E-state index is 0.107. The smallest absolute Gasteiger partial charge is 0.344 e. The zero-order valence-electron chi connectivity index (χ0n) is 15.3. The highest BCUT2D eigenvalue weighted by atomic mass is 16.5. The van der Waals surface area contributed by atoms with Crippen molar-refractivity contribution in [3.8, 4) is 0 Å². The number of nitrogens with zero attached hydrogens (tertiary/aromatic N) is 3. The second-order valence-electron chi connectivity index (χ2n) is 6.42. The molecule has 0 spiro atoms. The summed E-state index contributed by atoms with van der Waals surface area (Å²) in [4.78, 5) is 22.0. The van der Waals surface area contributed by atoms with Gasteiger partial charge in [-0.2, -0.15) is 0 Å². The van der Waals surface area contributed by atoms with Crippen LogP contribution in [0.1, 0.15) is 15.9 Å². The Morgan fingerprint density at radius 3 is 2.46 bits per heavy atom. The number of anilines is 1. The number of ether oxygens (including phenoxy) is 1. The lowest BCUT2D eigenvalue weighted by Crippen LogP contribution is -2.11. The third-order valence-corrected chi connectivity index (χ3v) is 4.59. The highest BCUT2D eigenvalue weighted by molar-refractivity contribution is 6.08. The van der Waals surface area contributed by atoms with Crippen molar-refractivity contribution in [2.75, 3.05) is 12.3 Å². The van der Waals surface area contributed by atoms with Gasteiger partial charge in [0, 0.05) is 6.54 Å². The average molecular weight is 372 g/mol. The lowest BCUT2D eigenvalue weighted by Gasteiger charge is -2.08. The van der Waals surface area contributed by atoms with E-state index in [1.54, 1.807) is 0 Å². The Morgan fingerprint density at radius 2 is 1.75 bits per heavy atom. The van der Waals surface area contributed by atoms with Gasteiger partial charge in [-0.05, 0) is 24.1 Å². The number of rotatable bonds is 6. The third-order valence-electron chi connectivity index (χ3n) is 4.59. The van der Waals surface area contributed by atoms with E-state index in [0.717, 1.165) is 11.9 Å². The lowest BCUT2D eigenvalue weighted by atomic mass is 10.1. The van der Waals surface area contributed by atoms with Crippen molar-refractivity contribution in [1.29, 1.82) is 0 Å². The molecule has 0 aliphatic heterocycles. The van der Waals surface area contributed by atoms with Crippen molar-refractivity contribution >= 4 is 34.0 Å². The summed E-state index contributed by atoms with van der Waals surface area (Å²) in [6.07, 6.45) is 2.27. The highest BCUT2D eigenvalue weighted by Crippen LogP contribution is 2.28. The first-order chi connectivity index (χ1) is 13.7. The molecule has 28 heavy (non-hydrogen) atoms. The van der Waals surface area contributed by atoms with Crippen LogP contribution in [-0.4, -0.2) is 27.1 Å². The van der Waals surface area contributed by atoms with Gasteiger partial charge in [0.25, 0.3) is 0 Å². The number of para-hydroxylation sites is 2. The maximum atomic E-state index is 12.6. The van der Waals surface area contributed by atoms with E-state index in [2.05, 4.69) is 23.7 Å². The van der Waals surface area contributed by atoms with E-state index in [0.29, 0.717) is 29.0 Å². The number of nitrogen functional groups attached to an aromatic ring is 1. The predicted molar refractivity (Wildman–Crippen MR) is 110 cm³/mol. The number of benzene rings is 2. The monoisotopic (exact) mass is 372 g/mol. The summed E-state index contributed by atoms with van der Waals surface area (Å²) in [5.41, 5.74) is 10.3. The molecule has 2 aromatic heterocycles. The van der Waals surface area contributed by atoms with Gasteiger partial charge in [-0.25, -0.2) is 14.8 Å². The molecule has 2 N–H and O–H groups in total. The van der Waals surface area contributed by atoms with Gasteiger partial charge < -0.3 is 15.0 Å². The molecule has 0 radical (unpaired) electrons. The Bertz CT molecular complexity index is 1170. The number of carbonyl (C=O) groups excluding carboxylic acids is 1. The van der Waals surface area contributed by atoms with E-state index < -0.39 is 5.97 Å². The zero-order chi connectivity index (χ0) is 19.5. The van der Waals surface area contributed by atoms with Crippen LogP contribution in [0.25, 0.3) is 22.2 Å². The van der Waals surface area contributed by atoms with Crippen molar-refractivity contribution in [3.63, 3.8) is 0 Å². The quantitative estimate of drug-likeness (QED) is 0.412. The largest absolute Gasteiger partial charge is 0.458 e. The van der Waals surface area contributed by atoms with E-state index >= 15 is 0 Å². The van der Waals surface area contributed by atoms with Crippen molar-refractivity contribution in [2.24, 2.45) is 0 Å². The summed E-state index contributed by atoms with van der Waals surface area (Å²) in [6.45, 7) is 4.26. The van der Waals surface area contributed by atoms with Crippen LogP contribution in [0.15, 0.2) is 67.3 Å². The second kappa shape index (κ2) is 7.52. The SMILES string of the molecule is C=CCOC(=O)c1c(N)n(CCc2ccccc2)c2nc3ccccc3nc12. The van der Waals surface area contributed by atoms with Gasteiger partial charge in [0.15, 0.2) is 5.65 Å². The topological polar surface area (TPSA) is 83.0 Å². The molecule has 2 heterocycles. The molecule has 0 saturated heterocycles. The first-order valence-corrected chi connectivity index (χ1v) is 9.05. The Morgan fingerprint density at radius 1 is 1.07 bits per heavy atom. The van der Waals surface area contributed by atoms with Crippen LogP contribution in [0.3, 0.4) is 0 Å². The van der Waals surface area contributed by atoms with E-state index in [-0.39, 0.29) is 12.2 Å². The van der Waals surface area contributed by atoms with E-state index in [1.165, 1.54) is 11.6 Å². The molecule has 0 aliphatic rings. The number of hydrogen-bond donors (Lipinski definition) is 1. The summed E-state index contributed by atoms with van der Waals surface area (Å²) < 4.78 is 7.08. The normalized spacial score (nSPS) is 11.0. The fourth-order valence-electron chi connectivity index (χ4n) is 3.24. The Labute approximate surface area is 162 Å². The van der Waals surface area contributed by atoms with Crippen molar-refractivity contribution in [3.05, 3.63) is 78.4 Å². The summed E-state index contributed by atoms with van der Waals surface area (Å²) >= 11 is 0. The Balaban J connectivity index is 1.84. The first-order valence-electron chi connectivity index (χ1n) is 9.05. The standard InChI is InChI=1S/C22H20N4O2/c1-2-14-28-22(27)18-19-21(25-17-11-7-6-10-16(17)24-19)26(20(18)23)13-12-15-8-4-3-5-9-15/h2-11H,1,12-14,23H2. The molecule has 0 saturated carbocycles. The van der Waals surface area contributed by atoms with Gasteiger partial charge in [-0.15, -0.1) is 0 Å². The third kappa shape index (κ3) is 3.20. The van der Waals surface area contributed by atoms with Gasteiger partial charge in [-0.1, -0.05) is 55.1 Å². The number of hydrogen-bond acceptors (Lipinski definition) is 5. The number of carbonyl (C=O) groups is 1. The van der Waals surface area contributed by atoms with Crippen LogP contribution < -0.4 is 5.73 Å². The maximum Gasteiger partial charge on any atom is 0.344 e. The first kappa shape index (κ1) is 17.7. The summed E-state index contributed by atoms with van der Waals surface area (Å²) in [5.74, 6) is -0.208. The minimum atomic E-state index is -0.523. The molecule has 0 atom stereocenters. The number of fused-ring (bicyclic) bond motifs is 2. The molecule has 0 bridgehead atoms. The molecule has 6 nitrogen and oxygen atoms in total. The highest BCUT2D eigenvalue weighted by Gasteiger charge is 2.24. The Hall–Kier alpha value is -3.67. The molecule has 0 fully saturated rings. The van der Waals surface area contributed by atoms with Crippen molar-refractivity contribution < 1.29 is 9.53 Å². The van der Waals surface area contributed by atoms with Crippen LogP contribution >= 0.6 is 0 Å². The van der Waals surface area contributed by atoms with Gasteiger partial charge >= 0.3 is 5.97 Å². The fourth-order valence-corrected chi connectivity index (χ4v) is 3.24. The molecule has 0 unspecified atom stereocenters. The molecule has 140 valence electrons. The van der Waals surface area contributed by atoms with Gasteiger partial charge in [0.05, 0.1) is 11.0 Å². The molecular weight excluding hydrogens is 352 g/mol. The summed E-state index contributed by atoms with van der Waals surface area (Å²) in [5, 5.41) is 0. The van der Waals surface area contributed by atoms with E-state index in [1.807, 2.05) is 47.0 Å². The molecule has 4 rings (SSSR count). The minimum Gasteiger partial charge on any atom is -0.458 e. The number of aromatic nitrogens is 3. The van der Waals surface area contributed by atoms with Gasteiger partial charge in [0.2, 0.25) is 0 Å². The number of aryl methyl sites for hydroxylation is 2. The van der Waals surface area contributed by atoms with Crippen LogP contribution in [0.2, 0.25) is 0 Å². The average Bonchev–Trinajstić information content (AvgIpc) is 3.00. The molecule has 0 amide bonds. The zero-order valence-corrected chi connectivity index (χ0v) is 15.3. The van der Waals surface area contributed by atoms with Crippen molar-refractivity contribution in [2.45, 2.75) is 13.0 Å². The second-order valence-corrected chi connectivity index (χ2v) is 6.42. The fraction of sp³-hybridized carbons (Fsp3) is 0.136. The summed E-state index contributed by atoms with van der Waals surface area (Å²) in [7, 11) is 0. The molecule has 0 aliphatic carbocycles. The molecule has 2 aromatic carbocycles. The number of esters is 1. The van der Waals surface area contributed by atoms with E-state index in [4.69, 9.17) is 15.5 Å². The molecule has 4 aromatic rings. The van der Waals surface area contributed by atoms with Crippen LogP contribution in [0.4, 0.5) is 5.82 Å². The number of nitrogens with two attached hydrogens (primary N) is 1. The van der Waals surface area contributed by atoms with Gasteiger partial charge in [-0.3, -0.25) is 0 Å². The van der Waals surface area contributed by atoms with E-state index in [9.17, 15) is 4.79 Å². The predicted octanol–water partition coefficient (Wildman–Crippen LogP) is 3.75. The van der Waals surface area contributed by atoms with Crippen LogP contribution in [0, 0.1) is 0 Å². The van der Waals surface area contributed by atoms with Gasteiger partial charge in [0.1, 0.15) is 23.5 Å². The van der Waals surface area contributed by atoms with Crippen LogP contribution in [0.5, 0.6) is 0 Å². The lowest BCUT2D eigenvalue weighted by molar-refractivity contribution is 0.0553. The molecular formula is C22H20N4O2. The van der Waals surface area contributed by atoms with Crippen molar-refractivity contribution in [1.82, 2.24) is 14.5 Å². The molecule has 6 heteroatoms. The van der Waals surface area contributed by atoms with Crippen LogP contribution in [-0.2, 0) is 17.7 Å².